The molecule has 72 valence electrons. The van der Waals surface area contributed by atoms with Crippen molar-refractivity contribution in [2.45, 2.75) is 32.7 Å². The molecule has 0 fully saturated rings. The predicted octanol–water partition coefficient (Wildman–Crippen LogP) is 2.25. The zero-order valence-corrected chi connectivity index (χ0v) is 9.75. The van der Waals surface area contributed by atoms with Crippen LogP contribution in [0.15, 0.2) is 12.7 Å². The van der Waals surface area contributed by atoms with Crippen molar-refractivity contribution >= 4 is 9.28 Å². The lowest BCUT2D eigenvalue weighted by molar-refractivity contribution is 0.198. The highest BCUT2D eigenvalue weighted by Gasteiger charge is 2.30. The van der Waals surface area contributed by atoms with E-state index in [1.807, 2.05) is 19.9 Å². The van der Waals surface area contributed by atoms with E-state index in [4.69, 9.17) is 8.85 Å². The zero-order valence-electron chi connectivity index (χ0n) is 8.59. The van der Waals surface area contributed by atoms with Gasteiger partial charge in [0.25, 0.3) is 0 Å². The van der Waals surface area contributed by atoms with E-state index < -0.39 is 9.28 Å². The lowest BCUT2D eigenvalue weighted by atomic mass is 10.2. The molecule has 0 heterocycles. The molecule has 0 saturated carbocycles. The van der Waals surface area contributed by atoms with Crippen molar-refractivity contribution in [2.75, 3.05) is 13.2 Å². The Kier molecular flexibility index (Phi) is 5.45. The molecule has 0 rings (SSSR count). The molecule has 0 radical (unpaired) electrons. The van der Waals surface area contributed by atoms with E-state index in [2.05, 4.69) is 20.4 Å². The Morgan fingerprint density at radius 2 is 1.67 bits per heavy atom. The second kappa shape index (κ2) is 5.51. The third-order valence-corrected chi connectivity index (χ3v) is 4.49. The second-order valence-electron chi connectivity index (χ2n) is 3.27. The van der Waals surface area contributed by atoms with Crippen LogP contribution in [0, 0.1) is 0 Å². The summed E-state index contributed by atoms with van der Waals surface area (Å²) in [4.78, 5) is 0. The summed E-state index contributed by atoms with van der Waals surface area (Å²) in [6.45, 7) is 13.5. The fourth-order valence-corrected chi connectivity index (χ4v) is 2.63. The second-order valence-corrected chi connectivity index (χ2v) is 6.09. The average Bonchev–Trinajstić information content (AvgIpc) is 2.04. The fraction of sp³-hybridized carbons (Fsp3) is 0.778. The molecule has 0 aliphatic heterocycles. The summed E-state index contributed by atoms with van der Waals surface area (Å²) in [6, 6.07) is 0. The largest absolute Gasteiger partial charge is 0.396 e. The maximum Gasteiger partial charge on any atom is 0.331 e. The molecular weight excluding hydrogens is 168 g/mol. The van der Waals surface area contributed by atoms with Crippen LogP contribution in [0.5, 0.6) is 0 Å². The van der Waals surface area contributed by atoms with Crippen molar-refractivity contribution in [3.63, 3.8) is 0 Å². The van der Waals surface area contributed by atoms with Crippen molar-refractivity contribution in [1.29, 1.82) is 0 Å². The maximum absolute atomic E-state index is 5.58. The van der Waals surface area contributed by atoms with Crippen molar-refractivity contribution in [2.24, 2.45) is 0 Å². The van der Waals surface area contributed by atoms with Crippen LogP contribution in [-0.2, 0) is 8.85 Å². The zero-order chi connectivity index (χ0) is 9.61. The molecule has 0 amide bonds. The number of rotatable bonds is 6. The molecule has 2 nitrogen and oxygen atoms in total. The van der Waals surface area contributed by atoms with Crippen LogP contribution in [-0.4, -0.2) is 22.5 Å². The van der Waals surface area contributed by atoms with Crippen LogP contribution in [0.3, 0.4) is 0 Å². The van der Waals surface area contributed by atoms with Gasteiger partial charge >= 0.3 is 9.28 Å². The van der Waals surface area contributed by atoms with E-state index in [9.17, 15) is 0 Å². The van der Waals surface area contributed by atoms with Crippen LogP contribution in [0.1, 0.15) is 27.7 Å². The van der Waals surface area contributed by atoms with Gasteiger partial charge in [-0.25, -0.2) is 0 Å². The maximum atomic E-state index is 5.58. The van der Waals surface area contributed by atoms with Crippen LogP contribution in [0.25, 0.3) is 0 Å². The van der Waals surface area contributed by atoms with Gasteiger partial charge in [-0.3, -0.25) is 0 Å². The van der Waals surface area contributed by atoms with Crippen molar-refractivity contribution in [3.8, 4) is 0 Å². The lowest BCUT2D eigenvalue weighted by Gasteiger charge is -2.28. The molecule has 0 bridgehead atoms. The van der Waals surface area contributed by atoms with Gasteiger partial charge in [0.1, 0.15) is 0 Å². The fourth-order valence-electron chi connectivity index (χ4n) is 0.877. The summed E-state index contributed by atoms with van der Waals surface area (Å²) in [5.74, 6) is 0. The third kappa shape index (κ3) is 3.52. The van der Waals surface area contributed by atoms with Crippen molar-refractivity contribution in [3.05, 3.63) is 12.7 Å². The molecule has 0 aromatic heterocycles. The van der Waals surface area contributed by atoms with Crippen molar-refractivity contribution in [1.82, 2.24) is 0 Å². The minimum Gasteiger partial charge on any atom is -0.396 e. The van der Waals surface area contributed by atoms with Gasteiger partial charge in [-0.2, -0.15) is 0 Å². The summed E-state index contributed by atoms with van der Waals surface area (Å²) in [6.07, 6.45) is 1.93. The van der Waals surface area contributed by atoms with Crippen LogP contribution in [0.2, 0.25) is 5.04 Å². The highest BCUT2D eigenvalue weighted by Crippen LogP contribution is 2.30. The van der Waals surface area contributed by atoms with E-state index in [0.717, 1.165) is 13.2 Å². The summed E-state index contributed by atoms with van der Waals surface area (Å²) in [5.41, 5.74) is 0. The smallest absolute Gasteiger partial charge is 0.331 e. The van der Waals surface area contributed by atoms with Gasteiger partial charge in [-0.05, 0) is 13.8 Å². The van der Waals surface area contributed by atoms with Gasteiger partial charge < -0.3 is 8.85 Å². The molecule has 0 aliphatic carbocycles. The third-order valence-electron chi connectivity index (χ3n) is 1.77. The van der Waals surface area contributed by atoms with Crippen LogP contribution >= 0.6 is 0 Å². The highest BCUT2D eigenvalue weighted by molar-refractivity contribution is 6.49. The molecule has 3 heteroatoms. The first-order valence-electron chi connectivity index (χ1n) is 4.45. The quantitative estimate of drug-likeness (QED) is 0.470. The molecule has 0 atom stereocenters. The van der Waals surface area contributed by atoms with Gasteiger partial charge in [-0.1, -0.05) is 19.9 Å². The standard InChI is InChI=1S/C9H20O2Si/c1-6-9(4,5)12(10-7-2)11-8-3/h6,12H,1,7-8H2,2-5H3. The summed E-state index contributed by atoms with van der Waals surface area (Å²) < 4.78 is 11.2. The lowest BCUT2D eigenvalue weighted by Crippen LogP contribution is -2.33. The number of hydrogen-bond donors (Lipinski definition) is 0. The summed E-state index contributed by atoms with van der Waals surface area (Å²) in [7, 11) is -1.56. The Balaban J connectivity index is 4.16. The van der Waals surface area contributed by atoms with Crippen LogP contribution < -0.4 is 0 Å². The van der Waals surface area contributed by atoms with E-state index in [0.29, 0.717) is 0 Å². The molecule has 12 heavy (non-hydrogen) atoms. The Morgan fingerprint density at radius 1 is 1.25 bits per heavy atom. The minimum absolute atomic E-state index is 0.0199. The van der Waals surface area contributed by atoms with Gasteiger partial charge in [0, 0.05) is 18.3 Å². The molecule has 0 saturated heterocycles. The Labute approximate surface area is 77.4 Å². The Morgan fingerprint density at radius 3 is 1.92 bits per heavy atom. The molecule has 0 aromatic rings. The number of hydrogen-bond acceptors (Lipinski definition) is 2. The first kappa shape index (κ1) is 11.9. The molecule has 0 aromatic carbocycles. The molecular formula is C9H20O2Si. The molecule has 0 spiro atoms. The Bertz CT molecular complexity index is 128. The van der Waals surface area contributed by atoms with Gasteiger partial charge in [0.05, 0.1) is 0 Å². The van der Waals surface area contributed by atoms with E-state index in [1.165, 1.54) is 0 Å². The molecule has 0 N–H and O–H groups in total. The highest BCUT2D eigenvalue weighted by atomic mass is 28.3. The normalized spacial score (nSPS) is 12.1. The van der Waals surface area contributed by atoms with E-state index >= 15 is 0 Å². The summed E-state index contributed by atoms with van der Waals surface area (Å²) in [5, 5.41) is 0.0199. The van der Waals surface area contributed by atoms with Gasteiger partial charge in [0.15, 0.2) is 0 Å². The van der Waals surface area contributed by atoms with Gasteiger partial charge in [0.2, 0.25) is 0 Å². The first-order valence-corrected chi connectivity index (χ1v) is 5.97. The first-order chi connectivity index (χ1) is 5.58. The van der Waals surface area contributed by atoms with E-state index in [1.54, 1.807) is 0 Å². The SMILES string of the molecule is C=CC(C)(C)[SiH](OCC)OCC. The average molecular weight is 188 g/mol. The topological polar surface area (TPSA) is 18.5 Å². The molecule has 0 unspecified atom stereocenters. The minimum atomic E-state index is -1.56. The van der Waals surface area contributed by atoms with Crippen LogP contribution in [0.4, 0.5) is 0 Å². The monoisotopic (exact) mass is 188 g/mol. The van der Waals surface area contributed by atoms with Crippen molar-refractivity contribution < 1.29 is 8.85 Å². The predicted molar refractivity (Wildman–Crippen MR) is 54.6 cm³/mol. The Hall–Kier alpha value is -0.123. The summed E-state index contributed by atoms with van der Waals surface area (Å²) >= 11 is 0. The van der Waals surface area contributed by atoms with E-state index in [-0.39, 0.29) is 5.04 Å². The van der Waals surface area contributed by atoms with Gasteiger partial charge in [-0.15, -0.1) is 6.58 Å². The molecule has 0 aliphatic rings. The number of allylic oxidation sites excluding steroid dienone is 1.